The van der Waals surface area contributed by atoms with Crippen molar-refractivity contribution in [2.24, 2.45) is 5.92 Å². The van der Waals surface area contributed by atoms with E-state index in [1.807, 2.05) is 13.0 Å². The van der Waals surface area contributed by atoms with Crippen molar-refractivity contribution in [1.29, 1.82) is 0 Å². The second-order valence-electron chi connectivity index (χ2n) is 4.73. The van der Waals surface area contributed by atoms with Gasteiger partial charge in [-0.3, -0.25) is 4.79 Å². The van der Waals surface area contributed by atoms with Crippen molar-refractivity contribution in [2.45, 2.75) is 13.3 Å². The van der Waals surface area contributed by atoms with Crippen LogP contribution in [0.2, 0.25) is 5.02 Å². The highest BCUT2D eigenvalue weighted by atomic mass is 35.7. The molecule has 1 amide bonds. The lowest BCUT2D eigenvalue weighted by Crippen LogP contribution is -2.25. The van der Waals surface area contributed by atoms with Crippen LogP contribution in [0.25, 0.3) is 0 Å². The number of carbonyl (C=O) groups excluding carboxylic acids is 1. The van der Waals surface area contributed by atoms with Gasteiger partial charge in [0.2, 0.25) is 15.0 Å². The Morgan fingerprint density at radius 1 is 1.42 bits per heavy atom. The predicted octanol–water partition coefficient (Wildman–Crippen LogP) is 2.57. The summed E-state index contributed by atoms with van der Waals surface area (Å²) in [7, 11) is 1.63. The molecule has 0 radical (unpaired) electrons. The minimum Gasteiger partial charge on any atom is -0.311 e. The van der Waals surface area contributed by atoms with E-state index in [0.717, 1.165) is 5.56 Å². The molecule has 0 saturated carbocycles. The second kappa shape index (κ2) is 5.31. The zero-order valence-corrected chi connectivity index (χ0v) is 12.6. The largest absolute Gasteiger partial charge is 0.311 e. The van der Waals surface area contributed by atoms with Crippen LogP contribution in [-0.2, 0) is 13.8 Å². The minimum atomic E-state index is -3.59. The molecule has 0 bridgehead atoms. The van der Waals surface area contributed by atoms with Gasteiger partial charge in [-0.05, 0) is 24.6 Å². The summed E-state index contributed by atoms with van der Waals surface area (Å²) >= 11 is 6.12. The first-order valence-corrected chi connectivity index (χ1v) is 8.61. The van der Waals surface area contributed by atoms with Crippen LogP contribution in [0.15, 0.2) is 18.2 Å². The average Bonchev–Trinajstić information content (AvgIpc) is 2.56. The fraction of sp³-hybridized carbons (Fsp3) is 0.417. The monoisotopic (exact) mass is 321 g/mol. The van der Waals surface area contributed by atoms with Crippen LogP contribution >= 0.6 is 22.3 Å². The number of hydrogen-bond donors (Lipinski definition) is 0. The van der Waals surface area contributed by atoms with Gasteiger partial charge in [0, 0.05) is 29.6 Å². The standard InChI is InChI=1S/C12H13Cl2NO3S/c1-8-2-3-11(10(13)4-8)15-6-9(5-12(15)16)7-19(14,17)18/h2-4,9H,5-7H2,1H3. The molecule has 2 rings (SSSR count). The number of amides is 1. The molecule has 0 N–H and O–H groups in total. The highest BCUT2D eigenvalue weighted by Gasteiger charge is 2.33. The maximum Gasteiger partial charge on any atom is 0.232 e. The molecule has 1 saturated heterocycles. The number of nitrogens with zero attached hydrogens (tertiary/aromatic N) is 1. The molecule has 1 atom stereocenters. The third-order valence-corrected chi connectivity index (χ3v) is 4.58. The number of benzene rings is 1. The molecule has 0 aromatic heterocycles. The molecular formula is C12H13Cl2NO3S. The molecule has 19 heavy (non-hydrogen) atoms. The van der Waals surface area contributed by atoms with Crippen molar-refractivity contribution < 1.29 is 13.2 Å². The Balaban J connectivity index is 2.20. The van der Waals surface area contributed by atoms with Gasteiger partial charge in [-0.15, -0.1) is 0 Å². The van der Waals surface area contributed by atoms with E-state index >= 15 is 0 Å². The summed E-state index contributed by atoms with van der Waals surface area (Å²) in [5.74, 6) is -0.608. The Kier molecular flexibility index (Phi) is 4.08. The summed E-state index contributed by atoms with van der Waals surface area (Å²) < 4.78 is 22.1. The Morgan fingerprint density at radius 2 is 2.11 bits per heavy atom. The lowest BCUT2D eigenvalue weighted by molar-refractivity contribution is -0.117. The number of rotatable bonds is 3. The fourth-order valence-corrected chi connectivity index (χ4v) is 3.90. The topological polar surface area (TPSA) is 54.5 Å². The van der Waals surface area contributed by atoms with Gasteiger partial charge in [0.15, 0.2) is 0 Å². The maximum atomic E-state index is 11.9. The Morgan fingerprint density at radius 3 is 2.68 bits per heavy atom. The highest BCUT2D eigenvalue weighted by molar-refractivity contribution is 8.13. The van der Waals surface area contributed by atoms with E-state index in [9.17, 15) is 13.2 Å². The zero-order chi connectivity index (χ0) is 14.2. The Labute approximate surface area is 121 Å². The van der Waals surface area contributed by atoms with Gasteiger partial charge in [-0.1, -0.05) is 17.7 Å². The first kappa shape index (κ1) is 14.6. The molecule has 1 unspecified atom stereocenters. The number of hydrogen-bond acceptors (Lipinski definition) is 3. The van der Waals surface area contributed by atoms with Crippen LogP contribution in [-0.4, -0.2) is 26.6 Å². The summed E-state index contributed by atoms with van der Waals surface area (Å²) in [6, 6.07) is 5.41. The third-order valence-electron chi connectivity index (χ3n) is 3.03. The van der Waals surface area contributed by atoms with Gasteiger partial charge < -0.3 is 4.90 Å². The normalized spacial score (nSPS) is 20.1. The first-order valence-electron chi connectivity index (χ1n) is 5.75. The lowest BCUT2D eigenvalue weighted by atomic mass is 10.1. The van der Waals surface area contributed by atoms with Gasteiger partial charge >= 0.3 is 0 Å². The molecule has 0 spiro atoms. The zero-order valence-electron chi connectivity index (χ0n) is 10.3. The van der Waals surface area contributed by atoms with E-state index in [2.05, 4.69) is 0 Å². The van der Waals surface area contributed by atoms with E-state index in [-0.39, 0.29) is 24.0 Å². The molecule has 4 nitrogen and oxygen atoms in total. The first-order chi connectivity index (χ1) is 8.76. The lowest BCUT2D eigenvalue weighted by Gasteiger charge is -2.18. The van der Waals surface area contributed by atoms with Crippen molar-refractivity contribution >= 4 is 42.9 Å². The van der Waals surface area contributed by atoms with E-state index in [1.165, 1.54) is 4.90 Å². The predicted molar refractivity (Wildman–Crippen MR) is 76.3 cm³/mol. The van der Waals surface area contributed by atoms with Crippen molar-refractivity contribution in [1.82, 2.24) is 0 Å². The molecule has 1 aromatic rings. The van der Waals surface area contributed by atoms with Crippen molar-refractivity contribution in [2.75, 3.05) is 17.2 Å². The molecule has 104 valence electrons. The number of anilines is 1. The smallest absolute Gasteiger partial charge is 0.232 e. The average molecular weight is 322 g/mol. The van der Waals surface area contributed by atoms with Crippen molar-refractivity contribution in [3.05, 3.63) is 28.8 Å². The highest BCUT2D eigenvalue weighted by Crippen LogP contribution is 2.32. The van der Waals surface area contributed by atoms with Crippen LogP contribution < -0.4 is 4.90 Å². The Bertz CT molecular complexity index is 615. The van der Waals surface area contributed by atoms with Crippen molar-refractivity contribution in [3.63, 3.8) is 0 Å². The van der Waals surface area contributed by atoms with Crippen LogP contribution in [0, 0.1) is 12.8 Å². The molecule has 1 fully saturated rings. The van der Waals surface area contributed by atoms with Gasteiger partial charge in [0.25, 0.3) is 0 Å². The number of aryl methyl sites for hydroxylation is 1. The Hall–Kier alpha value is -0.780. The van der Waals surface area contributed by atoms with Crippen LogP contribution in [0.5, 0.6) is 0 Å². The maximum absolute atomic E-state index is 11.9. The fourth-order valence-electron chi connectivity index (χ4n) is 2.24. The van der Waals surface area contributed by atoms with E-state index in [4.69, 9.17) is 22.3 Å². The summed E-state index contributed by atoms with van der Waals surface area (Å²) in [4.78, 5) is 13.5. The number of halogens is 2. The summed E-state index contributed by atoms with van der Waals surface area (Å²) in [6.45, 7) is 2.23. The minimum absolute atomic E-state index is 0.129. The molecule has 1 heterocycles. The molecule has 1 aromatic carbocycles. The second-order valence-corrected chi connectivity index (χ2v) is 7.96. The van der Waals surface area contributed by atoms with Gasteiger partial charge in [-0.25, -0.2) is 8.42 Å². The number of carbonyl (C=O) groups is 1. The molecule has 7 heteroatoms. The van der Waals surface area contributed by atoms with Crippen molar-refractivity contribution in [3.8, 4) is 0 Å². The molecule has 1 aliphatic heterocycles. The van der Waals surface area contributed by atoms with Gasteiger partial charge in [0.1, 0.15) is 0 Å². The quantitative estimate of drug-likeness (QED) is 0.804. The third kappa shape index (κ3) is 3.61. The van der Waals surface area contributed by atoms with Crippen LogP contribution in [0.1, 0.15) is 12.0 Å². The summed E-state index contributed by atoms with van der Waals surface area (Å²) in [5, 5.41) is 0.489. The summed E-state index contributed by atoms with van der Waals surface area (Å²) in [5.41, 5.74) is 1.62. The van der Waals surface area contributed by atoms with Crippen LogP contribution in [0.4, 0.5) is 5.69 Å². The molecule has 0 aliphatic carbocycles. The van der Waals surface area contributed by atoms with E-state index in [0.29, 0.717) is 17.3 Å². The summed E-state index contributed by atoms with van der Waals surface area (Å²) in [6.07, 6.45) is 0.177. The molecular weight excluding hydrogens is 309 g/mol. The van der Waals surface area contributed by atoms with E-state index < -0.39 is 9.05 Å². The van der Waals surface area contributed by atoms with Gasteiger partial charge in [0.05, 0.1) is 16.5 Å². The van der Waals surface area contributed by atoms with Gasteiger partial charge in [-0.2, -0.15) is 0 Å². The molecule has 1 aliphatic rings. The van der Waals surface area contributed by atoms with E-state index in [1.54, 1.807) is 12.1 Å². The van der Waals surface area contributed by atoms with Crippen LogP contribution in [0.3, 0.4) is 0 Å². The SMILES string of the molecule is Cc1ccc(N2CC(CS(=O)(=O)Cl)CC2=O)c(Cl)c1.